The van der Waals surface area contributed by atoms with E-state index in [-0.39, 0.29) is 24.2 Å². The summed E-state index contributed by atoms with van der Waals surface area (Å²) in [5.74, 6) is -1.44. The van der Waals surface area contributed by atoms with Crippen LogP contribution in [0.5, 0.6) is 0 Å². The molecule has 1 amide bonds. The summed E-state index contributed by atoms with van der Waals surface area (Å²) in [6.07, 6.45) is -0.615. The van der Waals surface area contributed by atoms with Crippen molar-refractivity contribution in [1.82, 2.24) is 4.98 Å². The number of aromatic nitrogens is 1. The zero-order chi connectivity index (χ0) is 20.8. The summed E-state index contributed by atoms with van der Waals surface area (Å²) < 4.78 is 10.0. The summed E-state index contributed by atoms with van der Waals surface area (Å²) in [5.41, 5.74) is -0.290. The molecule has 1 aromatic heterocycles. The Balaban J connectivity index is 2.24. The van der Waals surface area contributed by atoms with E-state index in [1.165, 1.54) is 4.90 Å². The van der Waals surface area contributed by atoms with Crippen LogP contribution < -0.4 is 4.90 Å². The molecule has 1 aliphatic rings. The number of ether oxygens (including phenoxy) is 2. The number of rotatable bonds is 3. The van der Waals surface area contributed by atoms with Crippen molar-refractivity contribution in [2.75, 3.05) is 25.2 Å². The minimum absolute atomic E-state index is 0.107. The summed E-state index contributed by atoms with van der Waals surface area (Å²) in [6.45, 7) is 4.97. The molecule has 28 heavy (non-hydrogen) atoms. The fourth-order valence-corrected chi connectivity index (χ4v) is 3.42. The van der Waals surface area contributed by atoms with Crippen LogP contribution in [0.4, 0.5) is 16.2 Å². The van der Waals surface area contributed by atoms with Gasteiger partial charge in [0.15, 0.2) is 0 Å². The Labute approximate surface area is 160 Å². The highest BCUT2D eigenvalue weighted by Crippen LogP contribution is 2.45. The predicted molar refractivity (Wildman–Crippen MR) is 99.7 cm³/mol. The number of fused-ring (bicyclic) bond motifs is 3. The van der Waals surface area contributed by atoms with Gasteiger partial charge in [0, 0.05) is 12.5 Å². The molecule has 1 unspecified atom stereocenters. The van der Waals surface area contributed by atoms with E-state index in [2.05, 4.69) is 9.72 Å². The molecule has 2 N–H and O–H groups in total. The van der Waals surface area contributed by atoms with Gasteiger partial charge < -0.3 is 19.6 Å². The Morgan fingerprint density at radius 1 is 1.39 bits per heavy atom. The van der Waals surface area contributed by atoms with Crippen LogP contribution in [0.2, 0.25) is 0 Å². The number of nitro groups is 1. The van der Waals surface area contributed by atoms with Crippen LogP contribution in [0.1, 0.15) is 42.7 Å². The lowest BCUT2D eigenvalue weighted by atomic mass is 9.97. The number of aromatic amines is 1. The van der Waals surface area contributed by atoms with Crippen molar-refractivity contribution in [1.29, 1.82) is 0 Å². The molecule has 0 radical (unpaired) electrons. The number of esters is 1. The number of hydrogen-bond donors (Lipinski definition) is 2. The summed E-state index contributed by atoms with van der Waals surface area (Å²) in [6, 6.07) is 3.16. The quantitative estimate of drug-likeness (QED) is 0.466. The van der Waals surface area contributed by atoms with Crippen molar-refractivity contribution < 1.29 is 29.1 Å². The van der Waals surface area contributed by atoms with E-state index in [1.54, 1.807) is 32.9 Å². The van der Waals surface area contributed by atoms with Gasteiger partial charge in [-0.2, -0.15) is 0 Å². The SMILES string of the molecule is COC(=O)c1[nH]c2ccc3c(c2c1[N+](=O)[O-])C(CO)CN3C(=O)OC(C)(C)C. The van der Waals surface area contributed by atoms with Crippen LogP contribution in [0.15, 0.2) is 12.1 Å². The van der Waals surface area contributed by atoms with E-state index in [0.29, 0.717) is 16.8 Å². The number of anilines is 1. The molecule has 0 spiro atoms. The molecule has 0 saturated heterocycles. The first-order valence-electron chi connectivity index (χ1n) is 8.61. The number of aliphatic hydroxyl groups excluding tert-OH is 1. The fourth-order valence-electron chi connectivity index (χ4n) is 3.42. The molecule has 150 valence electrons. The number of benzene rings is 1. The van der Waals surface area contributed by atoms with Crippen molar-refractivity contribution in [3.05, 3.63) is 33.5 Å². The van der Waals surface area contributed by atoms with E-state index in [9.17, 15) is 24.8 Å². The molecule has 0 saturated carbocycles. The molecule has 2 aromatic rings. The van der Waals surface area contributed by atoms with E-state index in [0.717, 1.165) is 7.11 Å². The molecule has 0 aliphatic carbocycles. The Morgan fingerprint density at radius 2 is 2.07 bits per heavy atom. The molecule has 10 nitrogen and oxygen atoms in total. The Kier molecular flexibility index (Phi) is 4.76. The van der Waals surface area contributed by atoms with E-state index in [4.69, 9.17) is 4.74 Å². The van der Waals surface area contributed by atoms with Crippen molar-refractivity contribution in [2.24, 2.45) is 0 Å². The lowest BCUT2D eigenvalue weighted by Gasteiger charge is -2.25. The average molecular weight is 391 g/mol. The van der Waals surface area contributed by atoms with Gasteiger partial charge in [0.05, 0.1) is 35.2 Å². The maximum absolute atomic E-state index is 12.6. The monoisotopic (exact) mass is 391 g/mol. The first-order chi connectivity index (χ1) is 13.1. The second kappa shape index (κ2) is 6.79. The zero-order valence-electron chi connectivity index (χ0n) is 15.9. The number of amides is 1. The standard InChI is InChI=1S/C18H21N3O7/c1-18(2,3)28-17(24)20-7-9(8-22)12-11(20)6-5-10-13(12)15(21(25)26)14(19-10)16(23)27-4/h5-6,9,19,22H,7-8H2,1-4H3. The fraction of sp³-hybridized carbons (Fsp3) is 0.444. The number of aliphatic hydroxyl groups is 1. The Bertz CT molecular complexity index is 974. The van der Waals surface area contributed by atoms with Crippen LogP contribution >= 0.6 is 0 Å². The van der Waals surface area contributed by atoms with E-state index in [1.807, 2.05) is 0 Å². The third-order valence-electron chi connectivity index (χ3n) is 4.46. The number of nitrogens with zero attached hydrogens (tertiary/aromatic N) is 2. The number of methoxy groups -OCH3 is 1. The van der Waals surface area contributed by atoms with Crippen LogP contribution in [-0.2, 0) is 9.47 Å². The number of carbonyl (C=O) groups is 2. The molecule has 1 aromatic carbocycles. The third kappa shape index (κ3) is 3.15. The molecular weight excluding hydrogens is 370 g/mol. The Morgan fingerprint density at radius 3 is 2.61 bits per heavy atom. The second-order valence-electron chi connectivity index (χ2n) is 7.49. The van der Waals surface area contributed by atoms with Gasteiger partial charge in [-0.05, 0) is 38.5 Å². The summed E-state index contributed by atoms with van der Waals surface area (Å²) >= 11 is 0. The highest BCUT2D eigenvalue weighted by molar-refractivity contribution is 6.08. The maximum atomic E-state index is 12.6. The van der Waals surface area contributed by atoms with Gasteiger partial charge in [-0.3, -0.25) is 15.0 Å². The number of carbonyl (C=O) groups excluding carboxylic acids is 2. The lowest BCUT2D eigenvalue weighted by molar-refractivity contribution is -0.383. The molecule has 2 heterocycles. The van der Waals surface area contributed by atoms with Crippen LogP contribution in [0, 0.1) is 10.1 Å². The zero-order valence-corrected chi connectivity index (χ0v) is 15.9. The van der Waals surface area contributed by atoms with Crippen molar-refractivity contribution in [2.45, 2.75) is 32.3 Å². The minimum atomic E-state index is -0.876. The first-order valence-corrected chi connectivity index (χ1v) is 8.61. The normalized spacial score (nSPS) is 16.2. The van der Waals surface area contributed by atoms with Crippen molar-refractivity contribution in [3.63, 3.8) is 0 Å². The minimum Gasteiger partial charge on any atom is -0.464 e. The third-order valence-corrected chi connectivity index (χ3v) is 4.46. The number of hydrogen-bond acceptors (Lipinski definition) is 7. The van der Waals surface area contributed by atoms with Gasteiger partial charge in [-0.25, -0.2) is 9.59 Å². The van der Waals surface area contributed by atoms with Crippen LogP contribution in [0.3, 0.4) is 0 Å². The predicted octanol–water partition coefficient (Wildman–Crippen LogP) is 2.69. The average Bonchev–Trinajstić information content (AvgIpc) is 3.17. The maximum Gasteiger partial charge on any atom is 0.414 e. The highest BCUT2D eigenvalue weighted by Gasteiger charge is 2.40. The van der Waals surface area contributed by atoms with Crippen molar-refractivity contribution >= 4 is 34.3 Å². The largest absolute Gasteiger partial charge is 0.464 e. The van der Waals surface area contributed by atoms with Gasteiger partial charge in [-0.15, -0.1) is 0 Å². The first kappa shape index (κ1) is 19.6. The van der Waals surface area contributed by atoms with Gasteiger partial charge in [0.1, 0.15) is 5.60 Å². The second-order valence-corrected chi connectivity index (χ2v) is 7.49. The van der Waals surface area contributed by atoms with Crippen LogP contribution in [-0.4, -0.2) is 52.9 Å². The summed E-state index contributed by atoms with van der Waals surface area (Å²) in [4.78, 5) is 39.7. The topological polar surface area (TPSA) is 135 Å². The number of H-pyrrole nitrogens is 1. The molecule has 1 aliphatic heterocycles. The molecule has 3 rings (SSSR count). The smallest absolute Gasteiger partial charge is 0.414 e. The molecule has 0 fully saturated rings. The van der Waals surface area contributed by atoms with Crippen LogP contribution in [0.25, 0.3) is 10.9 Å². The highest BCUT2D eigenvalue weighted by atomic mass is 16.6. The molecule has 10 heteroatoms. The van der Waals surface area contributed by atoms with Gasteiger partial charge in [0.2, 0.25) is 5.69 Å². The van der Waals surface area contributed by atoms with Crippen molar-refractivity contribution in [3.8, 4) is 0 Å². The summed E-state index contributed by atoms with van der Waals surface area (Å²) in [5, 5.41) is 21.7. The Hall–Kier alpha value is -3.14. The lowest BCUT2D eigenvalue weighted by Crippen LogP contribution is -2.36. The number of nitrogens with one attached hydrogen (secondary N) is 1. The van der Waals surface area contributed by atoms with E-state index < -0.39 is 34.2 Å². The van der Waals surface area contributed by atoms with Gasteiger partial charge >= 0.3 is 17.7 Å². The molecule has 0 bridgehead atoms. The summed E-state index contributed by atoms with van der Waals surface area (Å²) in [7, 11) is 1.13. The molecule has 1 atom stereocenters. The van der Waals surface area contributed by atoms with Gasteiger partial charge in [-0.1, -0.05) is 0 Å². The van der Waals surface area contributed by atoms with E-state index >= 15 is 0 Å². The molecular formula is C18H21N3O7. The van der Waals surface area contributed by atoms with Gasteiger partial charge in [0.25, 0.3) is 0 Å².